The Morgan fingerprint density at radius 1 is 1.00 bits per heavy atom. The standard InChI is InChI=1S/C31H40N6O3S/c1-4-40-20-5-21-41-27-12-8-24(9-13-27)28-14-15-32-31(35-28)34-26-10-6-25(7-11-26)30(39)37-18-16-36(17-19-37)22-29(38)33-23(2)3/h6-15,23H,4-5,16-22H2,1-3H3,(H,33,38)(H,32,34,35). The molecule has 0 radical (unpaired) electrons. The summed E-state index contributed by atoms with van der Waals surface area (Å²) in [5.74, 6) is 1.54. The van der Waals surface area contributed by atoms with Gasteiger partial charge in [0.1, 0.15) is 0 Å². The van der Waals surface area contributed by atoms with Crippen LogP contribution in [0.3, 0.4) is 0 Å². The third-order valence-corrected chi connectivity index (χ3v) is 7.67. The van der Waals surface area contributed by atoms with E-state index >= 15 is 0 Å². The van der Waals surface area contributed by atoms with Crippen LogP contribution in [0.5, 0.6) is 0 Å². The van der Waals surface area contributed by atoms with Crippen LogP contribution in [0.15, 0.2) is 65.7 Å². The summed E-state index contributed by atoms with van der Waals surface area (Å²) in [5, 5.41) is 6.16. The van der Waals surface area contributed by atoms with Crippen LogP contribution in [-0.2, 0) is 9.53 Å². The van der Waals surface area contributed by atoms with Crippen molar-refractivity contribution < 1.29 is 14.3 Å². The topological polar surface area (TPSA) is 99.7 Å². The second-order valence-corrected chi connectivity index (χ2v) is 11.4. The van der Waals surface area contributed by atoms with Crippen molar-refractivity contribution in [2.45, 2.75) is 38.1 Å². The highest BCUT2D eigenvalue weighted by atomic mass is 32.2. The molecule has 1 aliphatic rings. The molecule has 10 heteroatoms. The van der Waals surface area contributed by atoms with E-state index in [1.165, 1.54) is 4.90 Å². The van der Waals surface area contributed by atoms with Crippen molar-refractivity contribution in [1.82, 2.24) is 25.1 Å². The van der Waals surface area contributed by atoms with E-state index in [0.717, 1.165) is 42.3 Å². The molecular formula is C31H40N6O3S. The smallest absolute Gasteiger partial charge is 0.253 e. The Bertz CT molecular complexity index is 1260. The number of piperazine rings is 1. The fourth-order valence-electron chi connectivity index (χ4n) is 4.48. The zero-order chi connectivity index (χ0) is 29.0. The largest absolute Gasteiger partial charge is 0.382 e. The molecule has 0 unspecified atom stereocenters. The lowest BCUT2D eigenvalue weighted by atomic mass is 10.1. The average molecular weight is 577 g/mol. The van der Waals surface area contributed by atoms with Crippen molar-refractivity contribution in [2.24, 2.45) is 0 Å². The molecule has 2 N–H and O–H groups in total. The monoisotopic (exact) mass is 576 g/mol. The van der Waals surface area contributed by atoms with Crippen LogP contribution in [0.2, 0.25) is 0 Å². The van der Waals surface area contributed by atoms with Crippen molar-refractivity contribution >= 4 is 35.2 Å². The lowest BCUT2D eigenvalue weighted by Crippen LogP contribution is -2.51. The Morgan fingerprint density at radius 3 is 2.41 bits per heavy atom. The van der Waals surface area contributed by atoms with Gasteiger partial charge in [0.05, 0.1) is 12.2 Å². The first-order valence-electron chi connectivity index (χ1n) is 14.2. The molecule has 1 saturated heterocycles. The number of amides is 2. The number of carbonyl (C=O) groups is 2. The van der Waals surface area contributed by atoms with Crippen LogP contribution < -0.4 is 10.6 Å². The maximum Gasteiger partial charge on any atom is 0.253 e. The third kappa shape index (κ3) is 9.55. The number of anilines is 2. The number of hydrogen-bond donors (Lipinski definition) is 2. The van der Waals surface area contributed by atoms with E-state index in [0.29, 0.717) is 44.2 Å². The highest BCUT2D eigenvalue weighted by Crippen LogP contribution is 2.25. The highest BCUT2D eigenvalue weighted by Gasteiger charge is 2.23. The van der Waals surface area contributed by atoms with E-state index in [9.17, 15) is 9.59 Å². The molecule has 0 saturated carbocycles. The summed E-state index contributed by atoms with van der Waals surface area (Å²) in [6.07, 6.45) is 2.78. The second kappa shape index (κ2) is 15.5. The summed E-state index contributed by atoms with van der Waals surface area (Å²) in [6, 6.07) is 17.8. The maximum absolute atomic E-state index is 13.0. The zero-order valence-electron chi connectivity index (χ0n) is 24.1. The van der Waals surface area contributed by atoms with Gasteiger partial charge in [-0.2, -0.15) is 0 Å². The van der Waals surface area contributed by atoms with E-state index < -0.39 is 0 Å². The molecule has 1 aromatic heterocycles. The average Bonchev–Trinajstić information content (AvgIpc) is 2.97. The molecule has 1 aliphatic heterocycles. The maximum atomic E-state index is 13.0. The van der Waals surface area contributed by atoms with E-state index in [1.54, 1.807) is 6.20 Å². The molecule has 41 heavy (non-hydrogen) atoms. The predicted octanol–water partition coefficient (Wildman–Crippen LogP) is 4.69. The number of thioether (sulfide) groups is 1. The van der Waals surface area contributed by atoms with Crippen LogP contribution in [0.1, 0.15) is 37.6 Å². The summed E-state index contributed by atoms with van der Waals surface area (Å²) in [5.41, 5.74) is 3.30. The van der Waals surface area contributed by atoms with E-state index in [-0.39, 0.29) is 17.9 Å². The first kappa shape index (κ1) is 30.5. The van der Waals surface area contributed by atoms with Gasteiger partial charge in [-0.05, 0) is 69.7 Å². The highest BCUT2D eigenvalue weighted by molar-refractivity contribution is 7.99. The van der Waals surface area contributed by atoms with Gasteiger partial charge in [0.2, 0.25) is 11.9 Å². The molecular weight excluding hydrogens is 536 g/mol. The Morgan fingerprint density at radius 2 is 1.73 bits per heavy atom. The minimum Gasteiger partial charge on any atom is -0.382 e. The van der Waals surface area contributed by atoms with Gasteiger partial charge >= 0.3 is 0 Å². The Balaban J connectivity index is 1.27. The van der Waals surface area contributed by atoms with Crippen LogP contribution in [0.25, 0.3) is 11.3 Å². The predicted molar refractivity (Wildman–Crippen MR) is 165 cm³/mol. The molecule has 4 rings (SSSR count). The molecule has 1 fully saturated rings. The third-order valence-electron chi connectivity index (χ3n) is 6.58. The number of ether oxygens (including phenoxy) is 1. The van der Waals surface area contributed by atoms with E-state index in [2.05, 4.69) is 49.8 Å². The SMILES string of the molecule is CCOCCCSc1ccc(-c2ccnc(Nc3ccc(C(=O)N4CCN(CC(=O)NC(C)C)CC4)cc3)n2)cc1. The van der Waals surface area contributed by atoms with Gasteiger partial charge in [0.25, 0.3) is 5.91 Å². The van der Waals surface area contributed by atoms with Crippen molar-refractivity contribution in [3.63, 3.8) is 0 Å². The van der Waals surface area contributed by atoms with Crippen molar-refractivity contribution in [3.8, 4) is 11.3 Å². The lowest BCUT2D eigenvalue weighted by Gasteiger charge is -2.34. The fraction of sp³-hybridized carbons (Fsp3) is 0.419. The number of rotatable bonds is 13. The van der Waals surface area contributed by atoms with Crippen LogP contribution in [0.4, 0.5) is 11.6 Å². The minimum absolute atomic E-state index is 0.00279. The lowest BCUT2D eigenvalue weighted by molar-refractivity contribution is -0.123. The normalized spacial score (nSPS) is 13.8. The van der Waals surface area contributed by atoms with Gasteiger partial charge in [-0.1, -0.05) is 12.1 Å². The molecule has 0 bridgehead atoms. The second-order valence-electron chi connectivity index (χ2n) is 10.2. The molecule has 9 nitrogen and oxygen atoms in total. The van der Waals surface area contributed by atoms with Crippen LogP contribution in [0, 0.1) is 0 Å². The summed E-state index contributed by atoms with van der Waals surface area (Å²) < 4.78 is 5.40. The summed E-state index contributed by atoms with van der Waals surface area (Å²) in [4.78, 5) is 39.3. The van der Waals surface area contributed by atoms with Gasteiger partial charge in [0, 0.05) is 79.1 Å². The Kier molecular flexibility index (Phi) is 11.5. The van der Waals surface area contributed by atoms with Gasteiger partial charge in [0.15, 0.2) is 0 Å². The van der Waals surface area contributed by atoms with Gasteiger partial charge < -0.3 is 20.3 Å². The number of carbonyl (C=O) groups excluding carboxylic acids is 2. The van der Waals surface area contributed by atoms with Gasteiger partial charge in [-0.25, -0.2) is 9.97 Å². The number of hydrogen-bond acceptors (Lipinski definition) is 8. The summed E-state index contributed by atoms with van der Waals surface area (Å²) in [6.45, 7) is 10.4. The van der Waals surface area contributed by atoms with Crippen molar-refractivity contribution in [2.75, 3.05) is 57.0 Å². The molecule has 0 aliphatic carbocycles. The molecule has 2 heterocycles. The molecule has 3 aromatic rings. The molecule has 0 atom stereocenters. The first-order valence-corrected chi connectivity index (χ1v) is 15.2. The molecule has 2 amide bonds. The van der Waals surface area contributed by atoms with Crippen LogP contribution in [-0.4, -0.2) is 89.3 Å². The molecule has 218 valence electrons. The zero-order valence-corrected chi connectivity index (χ0v) is 25.0. The number of nitrogens with zero attached hydrogens (tertiary/aromatic N) is 4. The van der Waals surface area contributed by atoms with Crippen LogP contribution >= 0.6 is 11.8 Å². The fourth-order valence-corrected chi connectivity index (χ4v) is 5.31. The molecule has 0 spiro atoms. The van der Waals surface area contributed by atoms with Gasteiger partial charge in [-0.15, -0.1) is 11.8 Å². The number of benzene rings is 2. The molecule has 2 aromatic carbocycles. The summed E-state index contributed by atoms with van der Waals surface area (Å²) >= 11 is 1.83. The minimum atomic E-state index is -0.00279. The van der Waals surface area contributed by atoms with E-state index in [1.807, 2.05) is 67.8 Å². The Labute approximate surface area is 247 Å². The van der Waals surface area contributed by atoms with Crippen molar-refractivity contribution in [3.05, 3.63) is 66.4 Å². The first-order chi connectivity index (χ1) is 19.9. The summed E-state index contributed by atoms with van der Waals surface area (Å²) in [7, 11) is 0. The quantitative estimate of drug-likeness (QED) is 0.223. The van der Waals surface area contributed by atoms with E-state index in [4.69, 9.17) is 4.74 Å². The Hall–Kier alpha value is -3.47. The van der Waals surface area contributed by atoms with Crippen molar-refractivity contribution in [1.29, 1.82) is 0 Å². The number of aromatic nitrogens is 2. The van der Waals surface area contributed by atoms with Gasteiger partial charge in [-0.3, -0.25) is 14.5 Å². The number of nitrogens with one attached hydrogen (secondary N) is 2.